The highest BCUT2D eigenvalue weighted by molar-refractivity contribution is 5.98. The van der Waals surface area contributed by atoms with Crippen LogP contribution in [0.1, 0.15) is 40.0 Å². The van der Waals surface area contributed by atoms with Gasteiger partial charge in [-0.1, -0.05) is 18.2 Å². The second-order valence-corrected chi connectivity index (χ2v) is 4.50. The fourth-order valence-corrected chi connectivity index (χ4v) is 1.90. The average Bonchev–Trinajstić information content (AvgIpc) is 2.48. The van der Waals surface area contributed by atoms with Gasteiger partial charge < -0.3 is 0 Å². The molecule has 2 aromatic carbocycles. The van der Waals surface area contributed by atoms with E-state index < -0.39 is 0 Å². The predicted molar refractivity (Wildman–Crippen MR) is 74.2 cm³/mol. The van der Waals surface area contributed by atoms with Crippen LogP contribution in [0.2, 0.25) is 0 Å². The van der Waals surface area contributed by atoms with Crippen molar-refractivity contribution >= 4 is 11.6 Å². The van der Waals surface area contributed by atoms with E-state index in [1.807, 2.05) is 0 Å². The molecule has 0 aromatic heterocycles. The van der Waals surface area contributed by atoms with Gasteiger partial charge in [0.15, 0.2) is 11.6 Å². The zero-order valence-electron chi connectivity index (χ0n) is 10.9. The second-order valence-electron chi connectivity index (χ2n) is 4.50. The highest BCUT2D eigenvalue weighted by atomic mass is 19.1. The first-order valence-electron chi connectivity index (χ1n) is 6.45. The Labute approximate surface area is 117 Å². The zero-order chi connectivity index (χ0) is 14.4. The van der Waals surface area contributed by atoms with Crippen LogP contribution in [0, 0.1) is 11.9 Å². The molecule has 0 amide bonds. The molecule has 0 aliphatic rings. The van der Waals surface area contributed by atoms with E-state index in [0.717, 1.165) is 0 Å². The summed E-state index contributed by atoms with van der Waals surface area (Å²) in [7, 11) is 0. The fourth-order valence-electron chi connectivity index (χ4n) is 1.90. The van der Waals surface area contributed by atoms with Gasteiger partial charge in [-0.25, -0.2) is 4.39 Å². The molecule has 2 nitrogen and oxygen atoms in total. The van der Waals surface area contributed by atoms with Crippen LogP contribution in [-0.4, -0.2) is 11.6 Å². The maximum atomic E-state index is 12.7. The molecule has 101 valence electrons. The molecule has 2 aromatic rings. The topological polar surface area (TPSA) is 34.1 Å². The third-order valence-corrected chi connectivity index (χ3v) is 3.00. The lowest BCUT2D eigenvalue weighted by atomic mass is 10.0. The first-order valence-corrected chi connectivity index (χ1v) is 6.45. The minimum atomic E-state index is -0.364. The Morgan fingerprint density at radius 2 is 1.60 bits per heavy atom. The summed E-state index contributed by atoms with van der Waals surface area (Å²) in [5.41, 5.74) is 1.09. The minimum Gasteiger partial charge on any atom is -0.294 e. The van der Waals surface area contributed by atoms with E-state index in [0.29, 0.717) is 24.0 Å². The van der Waals surface area contributed by atoms with Gasteiger partial charge in [0.1, 0.15) is 5.82 Å². The molecule has 0 aliphatic carbocycles. The van der Waals surface area contributed by atoms with E-state index in [9.17, 15) is 14.0 Å². The van der Waals surface area contributed by atoms with Crippen molar-refractivity contribution in [3.63, 3.8) is 0 Å². The van der Waals surface area contributed by atoms with Gasteiger partial charge in [-0.05, 0) is 42.8 Å². The van der Waals surface area contributed by atoms with Gasteiger partial charge in [0.25, 0.3) is 0 Å². The van der Waals surface area contributed by atoms with Crippen molar-refractivity contribution in [1.29, 1.82) is 0 Å². The molecule has 3 heteroatoms. The summed E-state index contributed by atoms with van der Waals surface area (Å²) in [6.45, 7) is 0. The van der Waals surface area contributed by atoms with Crippen molar-refractivity contribution < 1.29 is 14.0 Å². The lowest BCUT2D eigenvalue weighted by Gasteiger charge is -2.02. The Hall–Kier alpha value is -2.29. The average molecular weight is 269 g/mol. The molecule has 0 bridgehead atoms. The van der Waals surface area contributed by atoms with Crippen LogP contribution < -0.4 is 0 Å². The second kappa shape index (κ2) is 6.75. The van der Waals surface area contributed by atoms with Gasteiger partial charge in [-0.2, -0.15) is 0 Å². The Bertz CT molecular complexity index is 588. The van der Waals surface area contributed by atoms with Crippen LogP contribution >= 0.6 is 0 Å². The molecular weight excluding hydrogens is 255 g/mol. The molecule has 1 radical (unpaired) electrons. The van der Waals surface area contributed by atoms with Gasteiger partial charge in [0, 0.05) is 24.0 Å². The smallest absolute Gasteiger partial charge is 0.162 e. The molecule has 0 aliphatic heterocycles. The summed E-state index contributed by atoms with van der Waals surface area (Å²) in [5.74, 6) is -0.428. The summed E-state index contributed by atoms with van der Waals surface area (Å²) in [6.07, 6.45) is 1.10. The van der Waals surface area contributed by atoms with E-state index in [1.54, 1.807) is 24.3 Å². The molecule has 0 saturated carbocycles. The molecule has 0 spiro atoms. The maximum absolute atomic E-state index is 12.7. The molecule has 0 heterocycles. The van der Waals surface area contributed by atoms with Gasteiger partial charge in [-0.15, -0.1) is 0 Å². The first-order chi connectivity index (χ1) is 9.66. The van der Waals surface area contributed by atoms with E-state index in [-0.39, 0.29) is 23.8 Å². The molecule has 2 rings (SSSR count). The Morgan fingerprint density at radius 1 is 0.950 bits per heavy atom. The third kappa shape index (κ3) is 3.85. The van der Waals surface area contributed by atoms with Crippen molar-refractivity contribution in [2.24, 2.45) is 0 Å². The minimum absolute atomic E-state index is 0.00811. The highest BCUT2D eigenvalue weighted by Crippen LogP contribution is 2.11. The summed E-state index contributed by atoms with van der Waals surface area (Å²) in [4.78, 5) is 23.7. The number of carbonyl (C=O) groups excluding carboxylic acids is 2. The molecule has 0 saturated heterocycles. The summed E-state index contributed by atoms with van der Waals surface area (Å²) < 4.78 is 12.7. The molecule has 0 unspecified atom stereocenters. The number of Topliss-reactive ketones (excluding diaryl/α,β-unsaturated/α-hetero) is 2. The predicted octanol–water partition coefficient (Wildman–Crippen LogP) is 3.86. The molecule has 0 atom stereocenters. The zero-order valence-corrected chi connectivity index (χ0v) is 10.9. The SMILES string of the molecule is O=C(CCCC(=O)c1ccc(F)cc1)c1c[c]ccc1. The monoisotopic (exact) mass is 269 g/mol. The number of carbonyl (C=O) groups is 2. The third-order valence-electron chi connectivity index (χ3n) is 3.00. The Kier molecular flexibility index (Phi) is 4.77. The van der Waals surface area contributed by atoms with Gasteiger partial charge in [-0.3, -0.25) is 9.59 Å². The lowest BCUT2D eigenvalue weighted by molar-refractivity contribution is 0.0957. The van der Waals surface area contributed by atoms with E-state index in [2.05, 4.69) is 6.07 Å². The van der Waals surface area contributed by atoms with Crippen molar-refractivity contribution in [2.45, 2.75) is 19.3 Å². The standard InChI is InChI=1S/C17H14FO2/c18-15-11-9-14(10-12-15)17(20)8-4-7-16(19)13-5-2-1-3-6-13/h1-2,5-6,9-12H,4,7-8H2. The van der Waals surface area contributed by atoms with Crippen LogP contribution in [-0.2, 0) is 0 Å². The van der Waals surface area contributed by atoms with E-state index in [1.165, 1.54) is 24.3 Å². The largest absolute Gasteiger partial charge is 0.294 e. The summed E-state index contributed by atoms with van der Waals surface area (Å²) >= 11 is 0. The number of hydrogen-bond donors (Lipinski definition) is 0. The number of halogens is 1. The van der Waals surface area contributed by atoms with Crippen LogP contribution in [0.3, 0.4) is 0 Å². The van der Waals surface area contributed by atoms with Crippen molar-refractivity contribution in [3.05, 3.63) is 71.5 Å². The molecule has 20 heavy (non-hydrogen) atoms. The molecular formula is C17H14FO2. The van der Waals surface area contributed by atoms with Crippen molar-refractivity contribution in [3.8, 4) is 0 Å². The van der Waals surface area contributed by atoms with Crippen LogP contribution in [0.5, 0.6) is 0 Å². The Balaban J connectivity index is 1.83. The highest BCUT2D eigenvalue weighted by Gasteiger charge is 2.09. The number of ketones is 2. The summed E-state index contributed by atoms with van der Waals surface area (Å²) in [5, 5.41) is 0. The first kappa shape index (κ1) is 14.1. The normalized spacial score (nSPS) is 10.2. The summed E-state index contributed by atoms with van der Waals surface area (Å²) in [6, 6.07) is 15.2. The fraction of sp³-hybridized carbons (Fsp3) is 0.176. The number of hydrogen-bond acceptors (Lipinski definition) is 2. The Morgan fingerprint density at radius 3 is 2.20 bits per heavy atom. The maximum Gasteiger partial charge on any atom is 0.162 e. The van der Waals surface area contributed by atoms with Gasteiger partial charge in [0.2, 0.25) is 0 Å². The van der Waals surface area contributed by atoms with Crippen LogP contribution in [0.15, 0.2) is 48.5 Å². The van der Waals surface area contributed by atoms with Crippen molar-refractivity contribution in [2.75, 3.05) is 0 Å². The van der Waals surface area contributed by atoms with E-state index in [4.69, 9.17) is 0 Å². The quantitative estimate of drug-likeness (QED) is 0.746. The number of benzene rings is 2. The van der Waals surface area contributed by atoms with Crippen LogP contribution in [0.25, 0.3) is 0 Å². The van der Waals surface area contributed by atoms with Gasteiger partial charge >= 0.3 is 0 Å². The van der Waals surface area contributed by atoms with Gasteiger partial charge in [0.05, 0.1) is 0 Å². The van der Waals surface area contributed by atoms with E-state index >= 15 is 0 Å². The lowest BCUT2D eigenvalue weighted by Crippen LogP contribution is -2.03. The molecule has 0 N–H and O–H groups in total. The number of rotatable bonds is 6. The van der Waals surface area contributed by atoms with Crippen LogP contribution in [0.4, 0.5) is 4.39 Å². The molecule has 0 fully saturated rings. The van der Waals surface area contributed by atoms with Crippen molar-refractivity contribution in [1.82, 2.24) is 0 Å².